The van der Waals surface area contributed by atoms with Gasteiger partial charge in [-0.15, -0.1) is 0 Å². The molecule has 0 saturated carbocycles. The molecule has 0 spiro atoms. The van der Waals surface area contributed by atoms with Crippen molar-refractivity contribution in [3.63, 3.8) is 0 Å². The summed E-state index contributed by atoms with van der Waals surface area (Å²) in [6, 6.07) is 14.3. The molecule has 0 bridgehead atoms. The zero-order valence-corrected chi connectivity index (χ0v) is 11.8. The Morgan fingerprint density at radius 3 is 2.81 bits per heavy atom. The average Bonchev–Trinajstić information content (AvgIpc) is 2.97. The molecule has 1 saturated heterocycles. The Morgan fingerprint density at radius 2 is 2.10 bits per heavy atom. The monoisotopic (exact) mass is 282 g/mol. The lowest BCUT2D eigenvalue weighted by Crippen LogP contribution is -2.43. The number of β-amino-alcohol motifs (C(OH)–C–C–N with tert-alkyl or cyclic N) is 1. The summed E-state index contributed by atoms with van der Waals surface area (Å²) in [6.45, 7) is 1.97. The van der Waals surface area contributed by atoms with E-state index in [9.17, 15) is 5.11 Å². The van der Waals surface area contributed by atoms with E-state index in [4.69, 9.17) is 5.26 Å². The van der Waals surface area contributed by atoms with E-state index < -0.39 is 6.10 Å². The van der Waals surface area contributed by atoms with Crippen LogP contribution in [-0.4, -0.2) is 34.1 Å². The number of nitriles is 1. The summed E-state index contributed by atoms with van der Waals surface area (Å²) in [6.07, 6.45) is 2.04. The van der Waals surface area contributed by atoms with Gasteiger partial charge in [-0.1, -0.05) is 30.3 Å². The van der Waals surface area contributed by atoms with Crippen LogP contribution >= 0.6 is 0 Å². The van der Waals surface area contributed by atoms with E-state index in [0.29, 0.717) is 13.0 Å². The molecule has 5 nitrogen and oxygen atoms in total. The number of benzene rings is 1. The summed E-state index contributed by atoms with van der Waals surface area (Å²) in [4.78, 5) is 2.04. The topological polar surface area (TPSA) is 65.1 Å². The molecule has 108 valence electrons. The Kier molecular flexibility index (Phi) is 3.89. The number of aromatic nitrogens is 2. The minimum atomic E-state index is -0.594. The first-order chi connectivity index (χ1) is 10.3. The lowest BCUT2D eigenvalue weighted by Gasteiger charge is -2.32. The van der Waals surface area contributed by atoms with E-state index in [1.807, 2.05) is 40.0 Å². The van der Waals surface area contributed by atoms with Gasteiger partial charge in [0.05, 0.1) is 24.6 Å². The fraction of sp³-hybridized carbons (Fsp3) is 0.375. The molecule has 0 amide bonds. The van der Waals surface area contributed by atoms with Crippen molar-refractivity contribution in [2.45, 2.75) is 19.1 Å². The fourth-order valence-electron chi connectivity index (χ4n) is 2.67. The number of hydrogen-bond acceptors (Lipinski definition) is 4. The van der Waals surface area contributed by atoms with E-state index in [-0.39, 0.29) is 5.92 Å². The van der Waals surface area contributed by atoms with E-state index in [0.717, 1.165) is 18.9 Å². The second kappa shape index (κ2) is 5.98. The standard InChI is InChI=1S/C16H18N4O/c17-10-14-6-8-19(12-15(14)21)16-7-9-20(18-16)11-13-4-2-1-3-5-13/h1-5,7,9,14-15,21H,6,8,11-12H2/t14-,15+/m1/s1. The van der Waals surface area contributed by atoms with Crippen molar-refractivity contribution in [3.05, 3.63) is 48.2 Å². The highest BCUT2D eigenvalue weighted by Gasteiger charge is 2.28. The summed E-state index contributed by atoms with van der Waals surface area (Å²) in [7, 11) is 0. The van der Waals surface area contributed by atoms with Gasteiger partial charge in [0.1, 0.15) is 0 Å². The molecule has 2 heterocycles. The first-order valence-corrected chi connectivity index (χ1v) is 7.16. The van der Waals surface area contributed by atoms with Crippen LogP contribution in [0.5, 0.6) is 0 Å². The number of hydrogen-bond donors (Lipinski definition) is 1. The molecular formula is C16H18N4O. The fourth-order valence-corrected chi connectivity index (χ4v) is 2.67. The molecule has 3 rings (SSSR count). The molecule has 1 N–H and O–H groups in total. The third-order valence-corrected chi connectivity index (χ3v) is 3.89. The Bertz CT molecular complexity index is 631. The molecule has 2 aromatic rings. The van der Waals surface area contributed by atoms with Crippen LogP contribution in [0.2, 0.25) is 0 Å². The largest absolute Gasteiger partial charge is 0.390 e. The zero-order valence-electron chi connectivity index (χ0n) is 11.8. The van der Waals surface area contributed by atoms with Crippen LogP contribution in [0.15, 0.2) is 42.6 Å². The van der Waals surface area contributed by atoms with Gasteiger partial charge in [0.15, 0.2) is 5.82 Å². The van der Waals surface area contributed by atoms with Gasteiger partial charge >= 0.3 is 0 Å². The summed E-state index contributed by atoms with van der Waals surface area (Å²) in [5.41, 5.74) is 1.20. The smallest absolute Gasteiger partial charge is 0.150 e. The molecule has 5 heteroatoms. The molecule has 1 fully saturated rings. The van der Waals surface area contributed by atoms with Crippen molar-refractivity contribution < 1.29 is 5.11 Å². The van der Waals surface area contributed by atoms with Gasteiger partial charge < -0.3 is 10.0 Å². The molecule has 1 aliphatic heterocycles. The SMILES string of the molecule is N#C[C@H]1CCN(c2ccn(Cc3ccccc3)n2)C[C@@H]1O. The van der Waals surface area contributed by atoms with Crippen molar-refractivity contribution in [1.82, 2.24) is 9.78 Å². The highest BCUT2D eigenvalue weighted by atomic mass is 16.3. The summed E-state index contributed by atoms with van der Waals surface area (Å²) < 4.78 is 1.90. The van der Waals surface area contributed by atoms with Gasteiger partial charge in [0.25, 0.3) is 0 Å². The normalized spacial score (nSPS) is 22.0. The molecular weight excluding hydrogens is 264 g/mol. The zero-order chi connectivity index (χ0) is 14.7. The number of nitrogens with zero attached hydrogens (tertiary/aromatic N) is 4. The van der Waals surface area contributed by atoms with Crippen LogP contribution in [0.4, 0.5) is 5.82 Å². The third-order valence-electron chi connectivity index (χ3n) is 3.89. The molecule has 0 radical (unpaired) electrons. The molecule has 1 aliphatic rings. The Balaban J connectivity index is 1.67. The predicted octanol–water partition coefficient (Wildman–Crippen LogP) is 1.64. The van der Waals surface area contributed by atoms with Crippen LogP contribution in [-0.2, 0) is 6.54 Å². The van der Waals surface area contributed by atoms with Crippen LogP contribution in [0.3, 0.4) is 0 Å². The minimum absolute atomic E-state index is 0.257. The molecule has 2 atom stereocenters. The van der Waals surface area contributed by atoms with Crippen molar-refractivity contribution in [2.24, 2.45) is 5.92 Å². The van der Waals surface area contributed by atoms with E-state index in [1.165, 1.54) is 5.56 Å². The van der Waals surface area contributed by atoms with Crippen LogP contribution in [0.25, 0.3) is 0 Å². The van der Waals surface area contributed by atoms with Gasteiger partial charge in [0.2, 0.25) is 0 Å². The Hall–Kier alpha value is -2.32. The van der Waals surface area contributed by atoms with Crippen LogP contribution in [0, 0.1) is 17.2 Å². The Morgan fingerprint density at radius 1 is 1.29 bits per heavy atom. The maximum absolute atomic E-state index is 9.94. The van der Waals surface area contributed by atoms with Gasteiger partial charge in [-0.2, -0.15) is 10.4 Å². The molecule has 1 aromatic heterocycles. The van der Waals surface area contributed by atoms with Gasteiger partial charge in [-0.3, -0.25) is 4.68 Å². The number of anilines is 1. The predicted molar refractivity (Wildman–Crippen MR) is 79.7 cm³/mol. The van der Waals surface area contributed by atoms with Crippen LogP contribution < -0.4 is 4.90 Å². The summed E-state index contributed by atoms with van der Waals surface area (Å²) in [5, 5.41) is 23.4. The second-order valence-electron chi connectivity index (χ2n) is 5.39. The van der Waals surface area contributed by atoms with E-state index >= 15 is 0 Å². The molecule has 21 heavy (non-hydrogen) atoms. The number of aliphatic hydroxyl groups excluding tert-OH is 1. The van der Waals surface area contributed by atoms with Crippen molar-refractivity contribution in [1.29, 1.82) is 5.26 Å². The maximum Gasteiger partial charge on any atom is 0.150 e. The van der Waals surface area contributed by atoms with Gasteiger partial charge in [0, 0.05) is 25.4 Å². The molecule has 0 unspecified atom stereocenters. The first kappa shape index (κ1) is 13.7. The van der Waals surface area contributed by atoms with E-state index in [1.54, 1.807) is 0 Å². The molecule has 1 aromatic carbocycles. The van der Waals surface area contributed by atoms with E-state index in [2.05, 4.69) is 23.3 Å². The van der Waals surface area contributed by atoms with Gasteiger partial charge in [-0.25, -0.2) is 0 Å². The van der Waals surface area contributed by atoms with Crippen LogP contribution in [0.1, 0.15) is 12.0 Å². The summed E-state index contributed by atoms with van der Waals surface area (Å²) >= 11 is 0. The lowest BCUT2D eigenvalue weighted by atomic mass is 9.95. The lowest BCUT2D eigenvalue weighted by molar-refractivity contribution is 0.119. The highest BCUT2D eigenvalue weighted by molar-refractivity contribution is 5.38. The van der Waals surface area contributed by atoms with Crippen molar-refractivity contribution in [2.75, 3.05) is 18.0 Å². The quantitative estimate of drug-likeness (QED) is 0.929. The third kappa shape index (κ3) is 3.06. The highest BCUT2D eigenvalue weighted by Crippen LogP contribution is 2.22. The average molecular weight is 282 g/mol. The van der Waals surface area contributed by atoms with Gasteiger partial charge in [-0.05, 0) is 12.0 Å². The summed E-state index contributed by atoms with van der Waals surface area (Å²) in [5.74, 6) is 0.606. The first-order valence-electron chi connectivity index (χ1n) is 7.16. The number of rotatable bonds is 3. The minimum Gasteiger partial charge on any atom is -0.390 e. The number of aliphatic hydroxyl groups is 1. The Labute approximate surface area is 124 Å². The maximum atomic E-state index is 9.94. The van der Waals surface area contributed by atoms with Crippen molar-refractivity contribution in [3.8, 4) is 6.07 Å². The van der Waals surface area contributed by atoms with Crippen molar-refractivity contribution >= 4 is 5.82 Å². The molecule has 0 aliphatic carbocycles. The second-order valence-corrected chi connectivity index (χ2v) is 5.39. The number of piperidine rings is 1.